The number of alkyl carbamates (subject to hydrolysis) is 1. The Morgan fingerprint density at radius 1 is 0.630 bits per heavy atom. The Morgan fingerprint density at radius 3 is 1.37 bits per heavy atom. The number of thiazole rings is 2. The number of rotatable bonds is 13. The molecule has 0 saturated carbocycles. The molecule has 4 aromatic rings. The van der Waals surface area contributed by atoms with Crippen molar-refractivity contribution >= 4 is 82.6 Å². The third-order valence-corrected chi connectivity index (χ3v) is 16.2. The van der Waals surface area contributed by atoms with E-state index >= 15 is 0 Å². The summed E-state index contributed by atoms with van der Waals surface area (Å²) in [5.74, 6) is 0. The van der Waals surface area contributed by atoms with E-state index in [9.17, 15) is 31.2 Å². The molecule has 2 fully saturated rings. The molecule has 0 aliphatic carbocycles. The van der Waals surface area contributed by atoms with E-state index in [4.69, 9.17) is 19.9 Å². The van der Waals surface area contributed by atoms with Crippen LogP contribution in [0.5, 0.6) is 0 Å². The van der Waals surface area contributed by atoms with Crippen LogP contribution in [0.3, 0.4) is 0 Å². The van der Waals surface area contributed by atoms with E-state index < -0.39 is 55.0 Å². The minimum Gasteiger partial charge on any atom is -0.447 e. The van der Waals surface area contributed by atoms with Crippen LogP contribution in [0.15, 0.2) is 58.6 Å². The number of nitrogens with two attached hydrogens (primary N) is 1. The largest absolute Gasteiger partial charge is 0.447 e. The summed E-state index contributed by atoms with van der Waals surface area (Å²) in [5.41, 5.74) is 5.68. The molecule has 404 valence electrons. The highest BCUT2D eigenvalue weighted by Gasteiger charge is 2.31. The molecule has 2 aliphatic heterocycles. The first kappa shape index (κ1) is 58.8. The van der Waals surface area contributed by atoms with Crippen molar-refractivity contribution in [3.05, 3.63) is 48.8 Å². The van der Waals surface area contributed by atoms with E-state index in [1.54, 1.807) is 106 Å². The van der Waals surface area contributed by atoms with Gasteiger partial charge in [-0.3, -0.25) is 10.6 Å². The van der Waals surface area contributed by atoms with Crippen LogP contribution in [-0.4, -0.2) is 112 Å². The fraction of sp³-hybridized carbons (Fsp3) is 0.571. The number of amides is 3. The average molecular weight is 1090 g/mol. The van der Waals surface area contributed by atoms with Crippen LogP contribution in [0.4, 0.5) is 36.0 Å². The molecule has 0 radical (unpaired) electrons. The zero-order valence-corrected chi connectivity index (χ0v) is 47.4. The van der Waals surface area contributed by atoms with Gasteiger partial charge in [-0.15, -0.1) is 0 Å². The number of benzene rings is 2. The Balaban J connectivity index is 0.000000276. The van der Waals surface area contributed by atoms with Crippen LogP contribution in [0.2, 0.25) is 0 Å². The van der Waals surface area contributed by atoms with Crippen molar-refractivity contribution in [1.29, 1.82) is 0 Å². The standard InChI is InChI=1S/C27H41N5O6S2.C22H33N5O4S2/c1-17(2)37-24(33)30-19-9-10-20(22(15-19)40(35,36)31-26(3,4)5)21-16-28-23(39-21)32-13-11-18(12-14-32)29-25(34)38-27(6,7)8;1-14(2)31-21(28)25-16-6-7-17(19(12-16)33(29,30)26-22(3,4)5)18-13-24-20(32-18)27-10-8-15(23)9-11-27/h9-10,15-18,31H,11-14H2,1-8H3,(H,29,34)(H,30,33);6-7,12-15,26H,8-11,23H2,1-5H3,(H,25,28). The molecule has 0 atom stereocenters. The molecule has 24 heteroatoms. The number of carbonyl (C=O) groups excluding carboxylic acids is 3. The number of sulfonamides is 2. The quantitative estimate of drug-likeness (QED) is 0.0682. The number of anilines is 4. The predicted octanol–water partition coefficient (Wildman–Crippen LogP) is 9.11. The Bertz CT molecular complexity index is 2760. The van der Waals surface area contributed by atoms with E-state index in [1.165, 1.54) is 34.8 Å². The van der Waals surface area contributed by atoms with Crippen molar-refractivity contribution in [3.8, 4) is 20.9 Å². The lowest BCUT2D eigenvalue weighted by atomic mass is 10.1. The van der Waals surface area contributed by atoms with Crippen molar-refractivity contribution in [2.75, 3.05) is 46.6 Å². The van der Waals surface area contributed by atoms with E-state index in [2.05, 4.69) is 45.2 Å². The van der Waals surface area contributed by atoms with Crippen LogP contribution in [0.25, 0.3) is 20.9 Å². The first-order valence-corrected chi connectivity index (χ1v) is 28.8. The van der Waals surface area contributed by atoms with Gasteiger partial charge >= 0.3 is 18.3 Å². The second-order valence-electron chi connectivity index (χ2n) is 21.5. The number of aromatic nitrogens is 2. The van der Waals surface area contributed by atoms with Crippen molar-refractivity contribution in [1.82, 2.24) is 24.7 Å². The molecule has 6 rings (SSSR count). The second-order valence-corrected chi connectivity index (χ2v) is 26.9. The first-order chi connectivity index (χ1) is 33.8. The third-order valence-electron chi connectivity index (χ3n) is 10.4. The van der Waals surface area contributed by atoms with Crippen molar-refractivity contribution in [3.63, 3.8) is 0 Å². The van der Waals surface area contributed by atoms with Gasteiger partial charge in [-0.05, 0) is 140 Å². The molecular weight excluding hydrogens is 1020 g/mol. The van der Waals surface area contributed by atoms with Gasteiger partial charge in [-0.2, -0.15) is 0 Å². The van der Waals surface area contributed by atoms with Gasteiger partial charge in [0, 0.05) is 84.2 Å². The molecule has 0 bridgehead atoms. The number of hydrogen-bond donors (Lipinski definition) is 6. The Hall–Kier alpha value is -5.11. The number of piperidine rings is 2. The molecule has 3 amide bonds. The Labute approximate surface area is 439 Å². The lowest BCUT2D eigenvalue weighted by Crippen LogP contribution is -2.46. The summed E-state index contributed by atoms with van der Waals surface area (Å²) in [4.78, 5) is 51.2. The molecule has 4 heterocycles. The third kappa shape index (κ3) is 18.4. The molecule has 7 N–H and O–H groups in total. The highest BCUT2D eigenvalue weighted by atomic mass is 32.2. The van der Waals surface area contributed by atoms with Crippen LogP contribution in [-0.2, 0) is 34.3 Å². The monoisotopic (exact) mass is 1090 g/mol. The van der Waals surface area contributed by atoms with Gasteiger partial charge < -0.3 is 35.1 Å². The zero-order valence-electron chi connectivity index (χ0n) is 44.2. The summed E-state index contributed by atoms with van der Waals surface area (Å²) < 4.78 is 74.5. The lowest BCUT2D eigenvalue weighted by Gasteiger charge is -2.32. The topological polar surface area (TPSA) is 266 Å². The Kier molecular flexibility index (Phi) is 19.4. The molecule has 2 aromatic carbocycles. The predicted molar refractivity (Wildman–Crippen MR) is 290 cm³/mol. The van der Waals surface area contributed by atoms with E-state index in [1.807, 2.05) is 20.8 Å². The van der Waals surface area contributed by atoms with Crippen LogP contribution in [0.1, 0.15) is 116 Å². The lowest BCUT2D eigenvalue weighted by molar-refractivity contribution is 0.0496. The number of carbonyl (C=O) groups is 3. The highest BCUT2D eigenvalue weighted by Crippen LogP contribution is 2.39. The minimum absolute atomic E-state index is 0.00757. The number of ether oxygens (including phenoxy) is 3. The van der Waals surface area contributed by atoms with Crippen LogP contribution < -0.4 is 40.9 Å². The van der Waals surface area contributed by atoms with Gasteiger partial charge in [0.05, 0.1) is 31.8 Å². The average Bonchev–Trinajstić information content (AvgIpc) is 3.93. The van der Waals surface area contributed by atoms with Crippen molar-refractivity contribution in [2.45, 2.75) is 166 Å². The van der Waals surface area contributed by atoms with Gasteiger partial charge in [0.1, 0.15) is 5.60 Å². The fourth-order valence-electron chi connectivity index (χ4n) is 7.54. The molecule has 2 aromatic heterocycles. The van der Waals surface area contributed by atoms with Crippen LogP contribution >= 0.6 is 22.7 Å². The molecule has 73 heavy (non-hydrogen) atoms. The minimum atomic E-state index is -3.95. The van der Waals surface area contributed by atoms with Gasteiger partial charge in [0.2, 0.25) is 20.0 Å². The summed E-state index contributed by atoms with van der Waals surface area (Å²) in [6.07, 6.45) is 4.27. The highest BCUT2D eigenvalue weighted by molar-refractivity contribution is 7.90. The molecule has 0 spiro atoms. The SMILES string of the molecule is CC(C)OC(=O)Nc1ccc(-c2cnc(N3CCC(N)CC3)s2)c(S(=O)(=O)NC(C)(C)C)c1.CC(C)OC(=O)Nc1ccc(-c2cnc(N3CCC(NC(=O)OC(C)(C)C)CC3)s2)c(S(=O)(=O)NC(C)(C)C)c1. The smallest absolute Gasteiger partial charge is 0.411 e. The zero-order chi connectivity index (χ0) is 54.3. The molecule has 2 aliphatic rings. The van der Waals surface area contributed by atoms with E-state index in [0.29, 0.717) is 40.5 Å². The maximum Gasteiger partial charge on any atom is 0.411 e. The van der Waals surface area contributed by atoms with Crippen molar-refractivity contribution < 1.29 is 45.4 Å². The van der Waals surface area contributed by atoms with E-state index in [0.717, 1.165) is 53.9 Å². The maximum absolute atomic E-state index is 13.5. The van der Waals surface area contributed by atoms with Gasteiger partial charge in [-0.25, -0.2) is 50.6 Å². The van der Waals surface area contributed by atoms with Crippen LogP contribution in [0, 0.1) is 0 Å². The fourth-order valence-corrected chi connectivity index (χ4v) is 13.0. The van der Waals surface area contributed by atoms with Gasteiger partial charge in [0.15, 0.2) is 10.3 Å². The summed E-state index contributed by atoms with van der Waals surface area (Å²) in [7, 11) is -7.85. The first-order valence-electron chi connectivity index (χ1n) is 24.2. The maximum atomic E-state index is 13.5. The van der Waals surface area contributed by atoms with E-state index in [-0.39, 0.29) is 34.1 Å². The number of nitrogens with zero attached hydrogens (tertiary/aromatic N) is 4. The number of nitrogens with one attached hydrogen (secondary N) is 5. The summed E-state index contributed by atoms with van der Waals surface area (Å²) >= 11 is 2.83. The van der Waals surface area contributed by atoms with Gasteiger partial charge in [0.25, 0.3) is 0 Å². The molecule has 2 saturated heterocycles. The second kappa shape index (κ2) is 24.0. The normalized spacial score (nSPS) is 15.4. The summed E-state index contributed by atoms with van der Waals surface area (Å²) in [5, 5.41) is 9.74. The molecule has 0 unspecified atom stereocenters. The van der Waals surface area contributed by atoms with Gasteiger partial charge in [-0.1, -0.05) is 34.8 Å². The molecule has 20 nitrogen and oxygen atoms in total. The summed E-state index contributed by atoms with van der Waals surface area (Å²) in [6.45, 7) is 26.1. The van der Waals surface area contributed by atoms with Crippen molar-refractivity contribution in [2.24, 2.45) is 5.73 Å². The summed E-state index contributed by atoms with van der Waals surface area (Å²) in [6, 6.07) is 9.74. The molecular formula is C49H74N10O10S4. The number of hydrogen-bond acceptors (Lipinski definition) is 17. The Morgan fingerprint density at radius 2 is 1.01 bits per heavy atom.